The molecule has 0 fully saturated rings. The highest BCUT2D eigenvalue weighted by molar-refractivity contribution is 5.88. The summed E-state index contributed by atoms with van der Waals surface area (Å²) in [5.41, 5.74) is 7.00. The second-order valence-electron chi connectivity index (χ2n) is 3.15. The fraction of sp³-hybridized carbons (Fsp3) is 0.200. The molecular formula is C10H13N3O2. The van der Waals surface area contributed by atoms with Gasteiger partial charge in [-0.2, -0.15) is 0 Å². The Morgan fingerprint density at radius 1 is 1.47 bits per heavy atom. The average molecular weight is 207 g/mol. The first-order valence-electron chi connectivity index (χ1n) is 4.44. The maximum Gasteiger partial charge on any atom is 0.221 e. The number of amides is 1. The van der Waals surface area contributed by atoms with Gasteiger partial charge in [0.2, 0.25) is 5.91 Å². The molecule has 1 rings (SSSR count). The Labute approximate surface area is 87.6 Å². The Morgan fingerprint density at radius 3 is 2.53 bits per heavy atom. The molecule has 0 heterocycles. The first-order chi connectivity index (χ1) is 7.11. The number of anilines is 1. The minimum absolute atomic E-state index is 0.112. The van der Waals surface area contributed by atoms with Gasteiger partial charge >= 0.3 is 0 Å². The summed E-state index contributed by atoms with van der Waals surface area (Å²) in [6, 6.07) is 7.15. The number of hydrogen-bond acceptors (Lipinski definition) is 3. The number of oxime groups is 1. The first-order valence-corrected chi connectivity index (χ1v) is 4.44. The van der Waals surface area contributed by atoms with Crippen molar-refractivity contribution in [2.75, 3.05) is 5.32 Å². The average Bonchev–Trinajstić information content (AvgIpc) is 2.20. The molecule has 5 nitrogen and oxygen atoms in total. The lowest BCUT2D eigenvalue weighted by molar-refractivity contribution is -0.114. The Bertz CT molecular complexity index is 371. The van der Waals surface area contributed by atoms with Crippen LogP contribution in [-0.2, 0) is 11.2 Å². The Kier molecular flexibility index (Phi) is 3.68. The van der Waals surface area contributed by atoms with Gasteiger partial charge in [-0.15, -0.1) is 0 Å². The zero-order chi connectivity index (χ0) is 11.3. The predicted octanol–water partition coefficient (Wildman–Crippen LogP) is 0.934. The van der Waals surface area contributed by atoms with Gasteiger partial charge < -0.3 is 16.3 Å². The van der Waals surface area contributed by atoms with Crippen LogP contribution in [0.15, 0.2) is 29.4 Å². The van der Waals surface area contributed by atoms with Crippen LogP contribution < -0.4 is 11.1 Å². The highest BCUT2D eigenvalue weighted by atomic mass is 16.4. The number of rotatable bonds is 3. The van der Waals surface area contributed by atoms with Gasteiger partial charge in [-0.3, -0.25) is 4.79 Å². The van der Waals surface area contributed by atoms with E-state index in [1.807, 2.05) is 12.1 Å². The van der Waals surface area contributed by atoms with Gasteiger partial charge in [0.05, 0.1) is 0 Å². The normalized spacial score (nSPS) is 11.1. The molecule has 0 unspecified atom stereocenters. The summed E-state index contributed by atoms with van der Waals surface area (Å²) in [5.74, 6) is 0.0430. The third kappa shape index (κ3) is 3.68. The Hall–Kier alpha value is -2.04. The maximum atomic E-state index is 10.7. The van der Waals surface area contributed by atoms with Gasteiger partial charge in [0.25, 0.3) is 0 Å². The lowest BCUT2D eigenvalue weighted by Crippen LogP contribution is -2.14. The van der Waals surface area contributed by atoms with Gasteiger partial charge in [-0.1, -0.05) is 17.3 Å². The molecule has 15 heavy (non-hydrogen) atoms. The van der Waals surface area contributed by atoms with E-state index in [-0.39, 0.29) is 11.7 Å². The van der Waals surface area contributed by atoms with Crippen LogP contribution in [0.25, 0.3) is 0 Å². The summed E-state index contributed by atoms with van der Waals surface area (Å²) < 4.78 is 0. The van der Waals surface area contributed by atoms with Crippen molar-refractivity contribution in [1.29, 1.82) is 0 Å². The molecule has 0 aliphatic rings. The molecule has 0 saturated heterocycles. The van der Waals surface area contributed by atoms with Crippen molar-refractivity contribution in [3.05, 3.63) is 29.8 Å². The Morgan fingerprint density at radius 2 is 2.07 bits per heavy atom. The van der Waals surface area contributed by atoms with Crippen molar-refractivity contribution in [3.8, 4) is 0 Å². The molecule has 1 aromatic carbocycles. The lowest BCUT2D eigenvalue weighted by Gasteiger charge is -2.03. The highest BCUT2D eigenvalue weighted by Crippen LogP contribution is 2.09. The van der Waals surface area contributed by atoms with Gasteiger partial charge in [-0.05, 0) is 17.7 Å². The molecule has 80 valence electrons. The summed E-state index contributed by atoms with van der Waals surface area (Å²) >= 11 is 0. The number of carbonyl (C=O) groups excluding carboxylic acids is 1. The number of benzene rings is 1. The van der Waals surface area contributed by atoms with E-state index < -0.39 is 0 Å². The summed E-state index contributed by atoms with van der Waals surface area (Å²) in [6.07, 6.45) is 0.386. The fourth-order valence-electron chi connectivity index (χ4n) is 1.15. The monoisotopic (exact) mass is 207 g/mol. The van der Waals surface area contributed by atoms with Crippen LogP contribution in [0.3, 0.4) is 0 Å². The molecule has 0 atom stereocenters. The van der Waals surface area contributed by atoms with Crippen LogP contribution in [0.5, 0.6) is 0 Å². The topological polar surface area (TPSA) is 87.7 Å². The molecule has 4 N–H and O–H groups in total. The molecule has 5 heteroatoms. The Balaban J connectivity index is 2.68. The van der Waals surface area contributed by atoms with Crippen LogP contribution in [0.2, 0.25) is 0 Å². The van der Waals surface area contributed by atoms with E-state index in [2.05, 4.69) is 10.5 Å². The second kappa shape index (κ2) is 4.99. The molecule has 0 spiro atoms. The van der Waals surface area contributed by atoms with E-state index in [4.69, 9.17) is 10.9 Å². The minimum Gasteiger partial charge on any atom is -0.409 e. The van der Waals surface area contributed by atoms with Crippen molar-refractivity contribution < 1.29 is 10.0 Å². The smallest absolute Gasteiger partial charge is 0.221 e. The third-order valence-corrected chi connectivity index (χ3v) is 1.79. The fourth-order valence-corrected chi connectivity index (χ4v) is 1.15. The molecule has 0 radical (unpaired) electrons. The summed E-state index contributed by atoms with van der Waals surface area (Å²) in [5, 5.41) is 13.9. The van der Waals surface area contributed by atoms with Gasteiger partial charge in [0.1, 0.15) is 5.84 Å². The maximum absolute atomic E-state index is 10.7. The van der Waals surface area contributed by atoms with Crippen LogP contribution in [0, 0.1) is 0 Å². The van der Waals surface area contributed by atoms with E-state index >= 15 is 0 Å². The highest BCUT2D eigenvalue weighted by Gasteiger charge is 1.98. The van der Waals surface area contributed by atoms with Gasteiger partial charge in [0.15, 0.2) is 0 Å². The predicted molar refractivity (Wildman–Crippen MR) is 57.9 cm³/mol. The number of carbonyl (C=O) groups is 1. The number of amidine groups is 1. The SMILES string of the molecule is CC(=O)Nc1ccc(C/C(N)=N/O)cc1. The van der Waals surface area contributed by atoms with E-state index in [1.54, 1.807) is 12.1 Å². The molecule has 0 aromatic heterocycles. The standard InChI is InChI=1S/C10H13N3O2/c1-7(14)12-9-4-2-8(3-5-9)6-10(11)13-15/h2-5,15H,6H2,1H3,(H2,11,13)(H,12,14). The van der Waals surface area contributed by atoms with Crippen LogP contribution in [0.4, 0.5) is 5.69 Å². The zero-order valence-electron chi connectivity index (χ0n) is 8.40. The summed E-state index contributed by atoms with van der Waals surface area (Å²) in [7, 11) is 0. The van der Waals surface area contributed by atoms with Crippen LogP contribution >= 0.6 is 0 Å². The van der Waals surface area contributed by atoms with Crippen molar-refractivity contribution in [2.24, 2.45) is 10.9 Å². The van der Waals surface area contributed by atoms with Crippen LogP contribution in [-0.4, -0.2) is 17.0 Å². The number of nitrogens with one attached hydrogen (secondary N) is 1. The minimum atomic E-state index is -0.112. The molecule has 1 amide bonds. The molecule has 0 bridgehead atoms. The van der Waals surface area contributed by atoms with Gasteiger partial charge in [-0.25, -0.2) is 0 Å². The van der Waals surface area contributed by atoms with Crippen LogP contribution in [0.1, 0.15) is 12.5 Å². The molecule has 0 aliphatic carbocycles. The van der Waals surface area contributed by atoms with Crippen molar-refractivity contribution >= 4 is 17.4 Å². The molecule has 0 saturated carbocycles. The molecular weight excluding hydrogens is 194 g/mol. The van der Waals surface area contributed by atoms with Crippen molar-refractivity contribution in [3.63, 3.8) is 0 Å². The summed E-state index contributed by atoms with van der Waals surface area (Å²) in [4.78, 5) is 10.7. The third-order valence-electron chi connectivity index (χ3n) is 1.79. The van der Waals surface area contributed by atoms with Gasteiger partial charge in [0, 0.05) is 19.0 Å². The lowest BCUT2D eigenvalue weighted by atomic mass is 10.1. The largest absolute Gasteiger partial charge is 0.409 e. The quantitative estimate of drug-likeness (QED) is 0.298. The zero-order valence-corrected chi connectivity index (χ0v) is 8.40. The number of nitrogens with two attached hydrogens (primary N) is 1. The van der Waals surface area contributed by atoms with E-state index in [1.165, 1.54) is 6.92 Å². The number of nitrogens with zero attached hydrogens (tertiary/aromatic N) is 1. The van der Waals surface area contributed by atoms with Crippen molar-refractivity contribution in [1.82, 2.24) is 0 Å². The molecule has 1 aromatic rings. The van der Waals surface area contributed by atoms with E-state index in [0.717, 1.165) is 11.3 Å². The number of hydrogen-bond donors (Lipinski definition) is 3. The first kappa shape index (κ1) is 11.0. The second-order valence-corrected chi connectivity index (χ2v) is 3.15. The van der Waals surface area contributed by atoms with Crippen molar-refractivity contribution in [2.45, 2.75) is 13.3 Å². The molecule has 0 aliphatic heterocycles. The van der Waals surface area contributed by atoms with E-state index in [9.17, 15) is 4.79 Å². The summed E-state index contributed by atoms with van der Waals surface area (Å²) in [6.45, 7) is 1.45. The van der Waals surface area contributed by atoms with E-state index in [0.29, 0.717) is 6.42 Å².